The molecule has 1 aromatic carbocycles. The molecule has 3 aromatic rings. The Balaban J connectivity index is 2.17. The van der Waals surface area contributed by atoms with E-state index in [4.69, 9.17) is 9.47 Å². The highest BCUT2D eigenvalue weighted by molar-refractivity contribution is 7.16. The highest BCUT2D eigenvalue weighted by Gasteiger charge is 2.31. The van der Waals surface area contributed by atoms with E-state index in [2.05, 4.69) is 0 Å². The predicted octanol–water partition coefficient (Wildman–Crippen LogP) is 5.58. The fourth-order valence-corrected chi connectivity index (χ4v) is 3.83. The van der Waals surface area contributed by atoms with Crippen LogP contribution in [0.1, 0.15) is 62.3 Å². The number of hydrogen-bond donors (Lipinski definition) is 0. The van der Waals surface area contributed by atoms with Crippen LogP contribution in [0.15, 0.2) is 41.9 Å². The van der Waals surface area contributed by atoms with E-state index in [0.717, 1.165) is 11.3 Å². The number of carbonyl (C=O) groups excluding carboxylic acids is 2. The van der Waals surface area contributed by atoms with Crippen molar-refractivity contribution in [2.75, 3.05) is 0 Å². The van der Waals surface area contributed by atoms with E-state index in [1.165, 1.54) is 11.3 Å². The van der Waals surface area contributed by atoms with Crippen LogP contribution < -0.4 is 0 Å². The van der Waals surface area contributed by atoms with Crippen molar-refractivity contribution in [3.63, 3.8) is 0 Å². The summed E-state index contributed by atoms with van der Waals surface area (Å²) >= 11 is 1.40. The van der Waals surface area contributed by atoms with Crippen molar-refractivity contribution in [3.05, 3.63) is 53.0 Å². The van der Waals surface area contributed by atoms with Gasteiger partial charge in [-0.05, 0) is 47.1 Å². The smallest absolute Gasteiger partial charge is 0.342 e. The third kappa shape index (κ3) is 4.28. The first kappa shape index (κ1) is 20.1. The van der Waals surface area contributed by atoms with Gasteiger partial charge >= 0.3 is 11.9 Å². The molecule has 0 unspecified atom stereocenters. The largest absolute Gasteiger partial charge is 0.456 e. The molecule has 3 rings (SSSR count). The van der Waals surface area contributed by atoms with Gasteiger partial charge in [0.2, 0.25) is 0 Å². The van der Waals surface area contributed by atoms with Gasteiger partial charge in [0, 0.05) is 11.6 Å². The Bertz CT molecular complexity index is 1020. The molecule has 148 valence electrons. The Morgan fingerprint density at radius 3 is 2.04 bits per heavy atom. The zero-order chi connectivity index (χ0) is 20.7. The van der Waals surface area contributed by atoms with Crippen molar-refractivity contribution in [2.24, 2.45) is 0 Å². The van der Waals surface area contributed by atoms with Crippen LogP contribution >= 0.6 is 11.3 Å². The Hall–Kier alpha value is -2.60. The molecule has 0 spiro atoms. The summed E-state index contributed by atoms with van der Waals surface area (Å²) < 4.78 is 13.0. The molecule has 0 aliphatic rings. The molecule has 6 heteroatoms. The second-order valence-electron chi connectivity index (χ2n) is 8.58. The van der Waals surface area contributed by atoms with Gasteiger partial charge in [-0.2, -0.15) is 0 Å². The van der Waals surface area contributed by atoms with E-state index in [-0.39, 0.29) is 11.1 Å². The number of aromatic nitrogens is 1. The maximum atomic E-state index is 12.9. The van der Waals surface area contributed by atoms with E-state index in [1.807, 2.05) is 40.1 Å². The summed E-state index contributed by atoms with van der Waals surface area (Å²) in [7, 11) is 0. The number of rotatable bonds is 3. The van der Waals surface area contributed by atoms with Crippen molar-refractivity contribution in [1.82, 2.24) is 4.40 Å². The highest BCUT2D eigenvalue weighted by Crippen LogP contribution is 2.33. The SMILES string of the molecule is CC(C)(C)OC(=O)c1cn2c(-c3ccccc3)csc2c1C(=O)OC(C)(C)C. The molecular weight excluding hydrogens is 374 g/mol. The molecule has 5 nitrogen and oxygen atoms in total. The fourth-order valence-electron chi connectivity index (χ4n) is 2.78. The lowest BCUT2D eigenvalue weighted by atomic mass is 10.1. The van der Waals surface area contributed by atoms with E-state index in [0.29, 0.717) is 4.83 Å². The topological polar surface area (TPSA) is 57.0 Å². The summed E-state index contributed by atoms with van der Waals surface area (Å²) in [6, 6.07) is 9.82. The monoisotopic (exact) mass is 399 g/mol. The van der Waals surface area contributed by atoms with Gasteiger partial charge in [-0.1, -0.05) is 30.3 Å². The second kappa shape index (κ2) is 7.09. The van der Waals surface area contributed by atoms with Crippen LogP contribution in [0.4, 0.5) is 0 Å². The fraction of sp³-hybridized carbons (Fsp3) is 0.364. The summed E-state index contributed by atoms with van der Waals surface area (Å²) in [6.07, 6.45) is 1.67. The normalized spacial score (nSPS) is 12.2. The molecule has 28 heavy (non-hydrogen) atoms. The van der Waals surface area contributed by atoms with E-state index in [1.54, 1.807) is 47.7 Å². The van der Waals surface area contributed by atoms with Crippen LogP contribution in [0.25, 0.3) is 16.1 Å². The molecule has 0 saturated heterocycles. The van der Waals surface area contributed by atoms with Crippen molar-refractivity contribution in [1.29, 1.82) is 0 Å². The Kier molecular flexibility index (Phi) is 5.10. The van der Waals surface area contributed by atoms with Gasteiger partial charge in [-0.15, -0.1) is 11.3 Å². The minimum Gasteiger partial charge on any atom is -0.456 e. The molecule has 0 N–H and O–H groups in total. The molecule has 0 aliphatic carbocycles. The average molecular weight is 400 g/mol. The van der Waals surface area contributed by atoms with Crippen LogP contribution in [0.2, 0.25) is 0 Å². The van der Waals surface area contributed by atoms with Gasteiger partial charge in [0.05, 0.1) is 11.3 Å². The number of ether oxygens (including phenoxy) is 2. The number of thiazole rings is 1. The van der Waals surface area contributed by atoms with Gasteiger partial charge in [0.15, 0.2) is 0 Å². The number of hydrogen-bond acceptors (Lipinski definition) is 5. The zero-order valence-electron chi connectivity index (χ0n) is 17.0. The summed E-state index contributed by atoms with van der Waals surface area (Å²) in [5, 5.41) is 1.97. The average Bonchev–Trinajstić information content (AvgIpc) is 3.10. The summed E-state index contributed by atoms with van der Waals surface area (Å²) in [5.41, 5.74) is 1.02. The maximum absolute atomic E-state index is 12.9. The first-order valence-electron chi connectivity index (χ1n) is 9.11. The number of fused-ring (bicyclic) bond motifs is 1. The molecule has 2 heterocycles. The van der Waals surface area contributed by atoms with Gasteiger partial charge in [-0.3, -0.25) is 0 Å². The third-order valence-corrected chi connectivity index (χ3v) is 4.76. The van der Waals surface area contributed by atoms with Crippen molar-refractivity contribution < 1.29 is 19.1 Å². The van der Waals surface area contributed by atoms with Crippen LogP contribution in [0.3, 0.4) is 0 Å². The lowest BCUT2D eigenvalue weighted by Gasteiger charge is -2.21. The molecular formula is C22H25NO4S. The van der Waals surface area contributed by atoms with Crippen molar-refractivity contribution in [3.8, 4) is 11.3 Å². The van der Waals surface area contributed by atoms with Crippen LogP contribution in [-0.2, 0) is 9.47 Å². The molecule has 0 aliphatic heterocycles. The Labute approximate surface area is 168 Å². The maximum Gasteiger partial charge on any atom is 0.342 e. The van der Waals surface area contributed by atoms with Gasteiger partial charge in [-0.25, -0.2) is 9.59 Å². The lowest BCUT2D eigenvalue weighted by molar-refractivity contribution is 0.00216. The molecule has 0 amide bonds. The number of nitrogens with zero attached hydrogens (tertiary/aromatic N) is 1. The lowest BCUT2D eigenvalue weighted by Crippen LogP contribution is -2.27. The van der Waals surface area contributed by atoms with Crippen LogP contribution in [-0.4, -0.2) is 27.5 Å². The molecule has 2 aromatic heterocycles. The minimum atomic E-state index is -0.671. The summed E-state index contributed by atoms with van der Waals surface area (Å²) in [6.45, 7) is 10.8. The molecule has 0 radical (unpaired) electrons. The van der Waals surface area contributed by atoms with Crippen LogP contribution in [0, 0.1) is 0 Å². The minimum absolute atomic E-state index is 0.216. The standard InChI is InChI=1S/C22H25NO4S/c1-21(2,3)26-19(24)15-12-23-16(14-10-8-7-9-11-14)13-28-18(23)17(15)20(25)27-22(4,5)6/h7-13H,1-6H3. The van der Waals surface area contributed by atoms with Gasteiger partial charge in [0.1, 0.15) is 21.6 Å². The van der Waals surface area contributed by atoms with Crippen molar-refractivity contribution >= 4 is 28.1 Å². The zero-order valence-corrected chi connectivity index (χ0v) is 17.8. The van der Waals surface area contributed by atoms with E-state index >= 15 is 0 Å². The number of benzene rings is 1. The Morgan fingerprint density at radius 1 is 0.893 bits per heavy atom. The van der Waals surface area contributed by atoms with Crippen molar-refractivity contribution in [2.45, 2.75) is 52.7 Å². The molecule has 0 fully saturated rings. The van der Waals surface area contributed by atoms with Crippen LogP contribution in [0.5, 0.6) is 0 Å². The summed E-state index contributed by atoms with van der Waals surface area (Å²) in [4.78, 5) is 26.4. The quantitative estimate of drug-likeness (QED) is 0.540. The highest BCUT2D eigenvalue weighted by atomic mass is 32.1. The number of esters is 2. The van der Waals surface area contributed by atoms with E-state index < -0.39 is 23.1 Å². The number of carbonyl (C=O) groups is 2. The first-order valence-corrected chi connectivity index (χ1v) is 9.99. The second-order valence-corrected chi connectivity index (χ2v) is 9.44. The predicted molar refractivity (Wildman–Crippen MR) is 111 cm³/mol. The molecule has 0 saturated carbocycles. The van der Waals surface area contributed by atoms with Gasteiger partial charge in [0.25, 0.3) is 0 Å². The third-order valence-electron chi connectivity index (χ3n) is 3.79. The van der Waals surface area contributed by atoms with Gasteiger partial charge < -0.3 is 13.9 Å². The first-order chi connectivity index (χ1) is 13.0. The molecule has 0 atom stereocenters. The summed E-state index contributed by atoms with van der Waals surface area (Å²) in [5.74, 6) is -1.07. The Morgan fingerprint density at radius 2 is 1.46 bits per heavy atom. The molecule has 0 bridgehead atoms. The van der Waals surface area contributed by atoms with E-state index in [9.17, 15) is 9.59 Å².